The van der Waals surface area contributed by atoms with Gasteiger partial charge in [0.15, 0.2) is 0 Å². The SMILES string of the molecule is CCCNC(COCC(F)(F)F)Cc1c(Cl)cccc1Cl. The molecule has 0 aliphatic carbocycles. The van der Waals surface area contributed by atoms with E-state index in [0.29, 0.717) is 28.6 Å². The van der Waals surface area contributed by atoms with Gasteiger partial charge < -0.3 is 10.1 Å². The molecule has 2 nitrogen and oxygen atoms in total. The van der Waals surface area contributed by atoms with Crippen molar-refractivity contribution in [3.05, 3.63) is 33.8 Å². The minimum absolute atomic E-state index is 0.0545. The molecule has 1 aromatic rings. The van der Waals surface area contributed by atoms with Crippen molar-refractivity contribution in [3.63, 3.8) is 0 Å². The van der Waals surface area contributed by atoms with Crippen LogP contribution in [0.25, 0.3) is 0 Å². The molecule has 0 fully saturated rings. The minimum atomic E-state index is -4.32. The molecule has 1 unspecified atom stereocenters. The second-order valence-corrected chi connectivity index (χ2v) is 5.50. The van der Waals surface area contributed by atoms with Crippen molar-refractivity contribution < 1.29 is 17.9 Å². The fourth-order valence-corrected chi connectivity index (χ4v) is 2.38. The van der Waals surface area contributed by atoms with Gasteiger partial charge in [0.05, 0.1) is 6.61 Å². The Morgan fingerprint density at radius 2 is 1.86 bits per heavy atom. The van der Waals surface area contributed by atoms with Gasteiger partial charge in [-0.05, 0) is 37.1 Å². The summed E-state index contributed by atoms with van der Waals surface area (Å²) in [6.07, 6.45) is -3.04. The molecule has 1 rings (SSSR count). The van der Waals surface area contributed by atoms with Gasteiger partial charge in [0.25, 0.3) is 0 Å². The lowest BCUT2D eigenvalue weighted by Gasteiger charge is -2.20. The summed E-state index contributed by atoms with van der Waals surface area (Å²) >= 11 is 12.2. The maximum atomic E-state index is 12.1. The number of hydrogen-bond acceptors (Lipinski definition) is 2. The number of benzene rings is 1. The molecule has 0 aromatic heterocycles. The Hall–Kier alpha value is -0.490. The van der Waals surface area contributed by atoms with E-state index in [1.807, 2.05) is 6.92 Å². The Bertz CT molecular complexity index is 420. The summed E-state index contributed by atoms with van der Waals surface area (Å²) in [6.45, 7) is 1.35. The first-order valence-corrected chi connectivity index (χ1v) is 7.40. The van der Waals surface area contributed by atoms with Crippen molar-refractivity contribution in [3.8, 4) is 0 Å². The maximum absolute atomic E-state index is 12.1. The molecule has 0 amide bonds. The van der Waals surface area contributed by atoms with E-state index < -0.39 is 12.8 Å². The molecule has 120 valence electrons. The number of alkyl halides is 3. The van der Waals surface area contributed by atoms with Gasteiger partial charge in [-0.2, -0.15) is 13.2 Å². The zero-order valence-corrected chi connectivity index (χ0v) is 13.2. The highest BCUT2D eigenvalue weighted by atomic mass is 35.5. The van der Waals surface area contributed by atoms with E-state index in [9.17, 15) is 13.2 Å². The normalized spacial score (nSPS) is 13.4. The number of halogens is 5. The second-order valence-electron chi connectivity index (χ2n) is 4.69. The Balaban J connectivity index is 2.65. The molecule has 0 bridgehead atoms. The lowest BCUT2D eigenvalue weighted by molar-refractivity contribution is -0.175. The van der Waals surface area contributed by atoms with Crippen molar-refractivity contribution in [1.29, 1.82) is 0 Å². The standard InChI is InChI=1S/C14H18Cl2F3NO/c1-2-6-20-10(8-21-9-14(17,18)19)7-11-12(15)4-3-5-13(11)16/h3-5,10,20H,2,6-9H2,1H3. The average molecular weight is 344 g/mol. The Morgan fingerprint density at radius 1 is 1.24 bits per heavy atom. The number of ether oxygens (including phenoxy) is 1. The third kappa shape index (κ3) is 7.36. The van der Waals surface area contributed by atoms with Crippen molar-refractivity contribution in [1.82, 2.24) is 5.32 Å². The van der Waals surface area contributed by atoms with Crippen LogP contribution in [0.1, 0.15) is 18.9 Å². The lowest BCUT2D eigenvalue weighted by atomic mass is 10.1. The number of rotatable bonds is 8. The molecule has 0 aliphatic rings. The maximum Gasteiger partial charge on any atom is 0.411 e. The van der Waals surface area contributed by atoms with Gasteiger partial charge >= 0.3 is 6.18 Å². The summed E-state index contributed by atoms with van der Waals surface area (Å²) in [7, 11) is 0. The molecule has 0 saturated carbocycles. The van der Waals surface area contributed by atoms with Crippen LogP contribution in [0.3, 0.4) is 0 Å². The first kappa shape index (κ1) is 18.6. The number of hydrogen-bond donors (Lipinski definition) is 1. The fraction of sp³-hybridized carbons (Fsp3) is 0.571. The zero-order chi connectivity index (χ0) is 15.9. The molecule has 1 atom stereocenters. The third-order valence-corrected chi connectivity index (χ3v) is 3.49. The van der Waals surface area contributed by atoms with Gasteiger partial charge in [-0.3, -0.25) is 0 Å². The molecule has 1 N–H and O–H groups in total. The molecule has 0 spiro atoms. The van der Waals surface area contributed by atoms with E-state index in [2.05, 4.69) is 5.32 Å². The second kappa shape index (κ2) is 8.83. The van der Waals surface area contributed by atoms with Crippen LogP contribution in [0.4, 0.5) is 13.2 Å². The quantitative estimate of drug-likeness (QED) is 0.751. The summed E-state index contributed by atoms with van der Waals surface area (Å²) < 4.78 is 41.1. The molecular weight excluding hydrogens is 326 g/mol. The summed E-state index contributed by atoms with van der Waals surface area (Å²) in [4.78, 5) is 0. The Morgan fingerprint density at radius 3 is 2.38 bits per heavy atom. The first-order valence-electron chi connectivity index (χ1n) is 6.64. The van der Waals surface area contributed by atoms with E-state index in [1.54, 1.807) is 18.2 Å². The highest BCUT2D eigenvalue weighted by molar-refractivity contribution is 6.36. The summed E-state index contributed by atoms with van der Waals surface area (Å²) in [5.41, 5.74) is 0.713. The van der Waals surface area contributed by atoms with Crippen LogP contribution < -0.4 is 5.32 Å². The molecule has 1 aromatic carbocycles. The van der Waals surface area contributed by atoms with Gasteiger partial charge in [0.2, 0.25) is 0 Å². The van der Waals surface area contributed by atoms with Crippen LogP contribution in [0, 0.1) is 0 Å². The fourth-order valence-electron chi connectivity index (χ4n) is 1.83. The molecular formula is C14H18Cl2F3NO. The summed E-state index contributed by atoms with van der Waals surface area (Å²) in [5.74, 6) is 0. The predicted octanol–water partition coefficient (Wildman–Crippen LogP) is 4.48. The summed E-state index contributed by atoms with van der Waals surface area (Å²) in [6, 6.07) is 4.86. The minimum Gasteiger partial charge on any atom is -0.370 e. The highest BCUT2D eigenvalue weighted by Crippen LogP contribution is 2.25. The van der Waals surface area contributed by atoms with Crippen molar-refractivity contribution in [2.45, 2.75) is 32.0 Å². The molecule has 7 heteroatoms. The zero-order valence-electron chi connectivity index (χ0n) is 11.6. The van der Waals surface area contributed by atoms with Gasteiger partial charge in [0, 0.05) is 16.1 Å². The molecule has 21 heavy (non-hydrogen) atoms. The van der Waals surface area contributed by atoms with Crippen LogP contribution in [-0.4, -0.2) is 32.0 Å². The van der Waals surface area contributed by atoms with Gasteiger partial charge in [-0.15, -0.1) is 0 Å². The van der Waals surface area contributed by atoms with E-state index in [0.717, 1.165) is 6.42 Å². The van der Waals surface area contributed by atoms with Gasteiger partial charge in [-0.1, -0.05) is 36.2 Å². The van der Waals surface area contributed by atoms with Crippen LogP contribution in [0.5, 0.6) is 0 Å². The highest BCUT2D eigenvalue weighted by Gasteiger charge is 2.28. The summed E-state index contributed by atoms with van der Waals surface area (Å²) in [5, 5.41) is 4.15. The average Bonchev–Trinajstić information content (AvgIpc) is 2.38. The smallest absolute Gasteiger partial charge is 0.370 e. The van der Waals surface area contributed by atoms with E-state index >= 15 is 0 Å². The largest absolute Gasteiger partial charge is 0.411 e. The van der Waals surface area contributed by atoms with Crippen LogP contribution in [0.2, 0.25) is 10.0 Å². The van der Waals surface area contributed by atoms with E-state index in [4.69, 9.17) is 27.9 Å². The predicted molar refractivity (Wildman–Crippen MR) is 79.1 cm³/mol. The molecule has 0 saturated heterocycles. The van der Waals surface area contributed by atoms with Gasteiger partial charge in [-0.25, -0.2) is 0 Å². The Kier molecular flexibility index (Phi) is 7.81. The lowest BCUT2D eigenvalue weighted by Crippen LogP contribution is -2.37. The van der Waals surface area contributed by atoms with Crippen LogP contribution in [-0.2, 0) is 11.2 Å². The molecule has 0 radical (unpaired) electrons. The third-order valence-electron chi connectivity index (χ3n) is 2.78. The number of nitrogens with one attached hydrogen (secondary N) is 1. The van der Waals surface area contributed by atoms with Crippen molar-refractivity contribution in [2.24, 2.45) is 0 Å². The van der Waals surface area contributed by atoms with E-state index in [-0.39, 0.29) is 12.6 Å². The van der Waals surface area contributed by atoms with Gasteiger partial charge in [0.1, 0.15) is 6.61 Å². The monoisotopic (exact) mass is 343 g/mol. The van der Waals surface area contributed by atoms with Crippen molar-refractivity contribution in [2.75, 3.05) is 19.8 Å². The van der Waals surface area contributed by atoms with Crippen LogP contribution in [0.15, 0.2) is 18.2 Å². The molecule has 0 heterocycles. The first-order chi connectivity index (χ1) is 9.83. The Labute approximate surface area is 132 Å². The topological polar surface area (TPSA) is 21.3 Å². The van der Waals surface area contributed by atoms with E-state index in [1.165, 1.54) is 0 Å². The molecule has 0 aliphatic heterocycles. The van der Waals surface area contributed by atoms with Crippen LogP contribution >= 0.6 is 23.2 Å². The van der Waals surface area contributed by atoms with Crippen molar-refractivity contribution >= 4 is 23.2 Å².